The van der Waals surface area contributed by atoms with Crippen molar-refractivity contribution < 1.29 is 19.8 Å². The molecule has 6 heteroatoms. The van der Waals surface area contributed by atoms with Gasteiger partial charge in [0.05, 0.1) is 11.1 Å². The molecular weight excluding hydrogens is 356 g/mol. The first kappa shape index (κ1) is 17.4. The minimum atomic E-state index is -1.22. The van der Waals surface area contributed by atoms with Crippen LogP contribution in [0, 0.1) is 0 Å². The van der Waals surface area contributed by atoms with Gasteiger partial charge in [0.15, 0.2) is 5.75 Å². The normalized spacial score (nSPS) is 11.3. The minimum absolute atomic E-state index is 0.0664. The molecule has 0 aromatic heterocycles. The number of rotatable bonds is 3. The second-order valence-electron chi connectivity index (χ2n) is 6.14. The Balaban J connectivity index is 1.87. The molecule has 0 heterocycles. The summed E-state index contributed by atoms with van der Waals surface area (Å²) in [5.74, 6) is -2.11. The van der Waals surface area contributed by atoms with Gasteiger partial charge < -0.3 is 10.2 Å². The number of azo groups is 1. The zero-order valence-electron chi connectivity index (χ0n) is 14.5. The Morgan fingerprint density at radius 2 is 1.18 bits per heavy atom. The summed E-state index contributed by atoms with van der Waals surface area (Å²) in [5, 5.41) is 30.6. The molecule has 2 N–H and O–H groups in total. The summed E-state index contributed by atoms with van der Waals surface area (Å²) in [6.07, 6.45) is 0. The first-order valence-electron chi connectivity index (χ1n) is 8.48. The highest BCUT2D eigenvalue weighted by Gasteiger charge is 2.17. The highest BCUT2D eigenvalue weighted by molar-refractivity contribution is 6.16. The van der Waals surface area contributed by atoms with Gasteiger partial charge in [-0.15, -0.1) is 10.2 Å². The third-order valence-electron chi connectivity index (χ3n) is 4.51. The van der Waals surface area contributed by atoms with Crippen LogP contribution in [0.3, 0.4) is 0 Å². The Bertz CT molecular complexity index is 1280. The lowest BCUT2D eigenvalue weighted by molar-refractivity contribution is 0.0692. The van der Waals surface area contributed by atoms with E-state index in [-0.39, 0.29) is 22.6 Å². The summed E-state index contributed by atoms with van der Waals surface area (Å²) in [5.41, 5.74) is -0.0576. The van der Waals surface area contributed by atoms with E-state index in [0.717, 1.165) is 10.8 Å². The summed E-state index contributed by atoms with van der Waals surface area (Å²) in [6, 6.07) is 20.5. The fourth-order valence-electron chi connectivity index (χ4n) is 3.21. The van der Waals surface area contributed by atoms with Gasteiger partial charge in [-0.2, -0.15) is 0 Å². The van der Waals surface area contributed by atoms with Crippen molar-refractivity contribution in [3.05, 3.63) is 83.9 Å². The number of carbonyl (C=O) groups is 2. The molecule has 136 valence electrons. The zero-order valence-corrected chi connectivity index (χ0v) is 14.5. The predicted octanol–water partition coefficient (Wildman–Crippen LogP) is 5.32. The van der Waals surface area contributed by atoms with Gasteiger partial charge in [0, 0.05) is 10.8 Å². The largest absolute Gasteiger partial charge is 0.505 e. The van der Waals surface area contributed by atoms with Crippen LogP contribution in [0.25, 0.3) is 21.5 Å². The van der Waals surface area contributed by atoms with Crippen LogP contribution in [0.4, 0.5) is 5.69 Å². The van der Waals surface area contributed by atoms with E-state index in [9.17, 15) is 19.8 Å². The van der Waals surface area contributed by atoms with Crippen LogP contribution < -0.4 is 0 Å². The van der Waals surface area contributed by atoms with E-state index >= 15 is 0 Å². The minimum Gasteiger partial charge on any atom is -0.505 e. The van der Waals surface area contributed by atoms with E-state index < -0.39 is 11.9 Å². The fourth-order valence-corrected chi connectivity index (χ4v) is 3.21. The molecule has 0 unspecified atom stereocenters. The van der Waals surface area contributed by atoms with Crippen LogP contribution in [0.2, 0.25) is 0 Å². The van der Waals surface area contributed by atoms with E-state index in [4.69, 9.17) is 0 Å². The maximum atomic E-state index is 12.4. The summed E-state index contributed by atoms with van der Waals surface area (Å²) in [4.78, 5) is 23.8. The van der Waals surface area contributed by atoms with Crippen LogP contribution in [0.1, 0.15) is 20.7 Å². The Kier molecular flexibility index (Phi) is 4.29. The number of phenols is 1. The van der Waals surface area contributed by atoms with Gasteiger partial charge in [0.25, 0.3) is 5.91 Å². The molecule has 0 fully saturated rings. The van der Waals surface area contributed by atoms with Crippen LogP contribution in [0.15, 0.2) is 83.0 Å². The highest BCUT2D eigenvalue weighted by Crippen LogP contribution is 2.42. The predicted molar refractivity (Wildman–Crippen MR) is 105 cm³/mol. The average molecular weight is 370 g/mol. The lowest BCUT2D eigenvalue weighted by Crippen LogP contribution is -2.06. The summed E-state index contributed by atoms with van der Waals surface area (Å²) >= 11 is 0. The molecule has 6 nitrogen and oxygen atoms in total. The van der Waals surface area contributed by atoms with Crippen LogP contribution in [-0.4, -0.2) is 22.1 Å². The van der Waals surface area contributed by atoms with Crippen molar-refractivity contribution in [3.63, 3.8) is 0 Å². The van der Waals surface area contributed by atoms with Gasteiger partial charge in [0.2, 0.25) is 0 Å². The van der Waals surface area contributed by atoms with Crippen molar-refractivity contribution in [1.82, 2.24) is 0 Å². The van der Waals surface area contributed by atoms with Crippen LogP contribution >= 0.6 is 0 Å². The summed E-state index contributed by atoms with van der Waals surface area (Å²) < 4.78 is 0. The van der Waals surface area contributed by atoms with Crippen molar-refractivity contribution in [2.24, 2.45) is 10.2 Å². The second-order valence-corrected chi connectivity index (χ2v) is 6.14. The number of hydrogen-bond donors (Lipinski definition) is 2. The van der Waals surface area contributed by atoms with Crippen LogP contribution in [-0.2, 0) is 0 Å². The SMILES string of the molecule is O=C(O)c1ccccc1C(=O)N=Nc1c(O)c2ccccc2c2ccccc12. The monoisotopic (exact) mass is 370 g/mol. The fraction of sp³-hybridized carbons (Fsp3) is 0. The number of fused-ring (bicyclic) bond motifs is 3. The number of aromatic carboxylic acids is 1. The van der Waals surface area contributed by atoms with E-state index in [1.807, 2.05) is 24.3 Å². The Morgan fingerprint density at radius 3 is 1.82 bits per heavy atom. The Hall–Kier alpha value is -4.06. The van der Waals surface area contributed by atoms with Gasteiger partial charge in [-0.25, -0.2) is 4.79 Å². The maximum Gasteiger partial charge on any atom is 0.336 e. The van der Waals surface area contributed by atoms with E-state index in [1.54, 1.807) is 30.3 Å². The van der Waals surface area contributed by atoms with Gasteiger partial charge in [-0.1, -0.05) is 60.7 Å². The highest BCUT2D eigenvalue weighted by atomic mass is 16.4. The number of carboxylic acids is 1. The number of carbonyl (C=O) groups excluding carboxylic acids is 1. The molecule has 4 aromatic carbocycles. The van der Waals surface area contributed by atoms with Gasteiger partial charge in [-0.3, -0.25) is 4.79 Å². The molecule has 28 heavy (non-hydrogen) atoms. The third kappa shape index (κ3) is 2.87. The van der Waals surface area contributed by atoms with Crippen molar-refractivity contribution in [2.75, 3.05) is 0 Å². The quantitative estimate of drug-likeness (QED) is 0.376. The van der Waals surface area contributed by atoms with Crippen molar-refractivity contribution in [3.8, 4) is 5.75 Å². The second kappa shape index (κ2) is 6.92. The molecule has 0 aliphatic carbocycles. The van der Waals surface area contributed by atoms with E-state index in [0.29, 0.717) is 10.8 Å². The molecule has 0 atom stereocenters. The first-order chi connectivity index (χ1) is 13.6. The molecule has 0 aliphatic rings. The van der Waals surface area contributed by atoms with Gasteiger partial charge >= 0.3 is 5.97 Å². The van der Waals surface area contributed by atoms with Crippen molar-refractivity contribution >= 4 is 39.1 Å². The molecule has 0 saturated carbocycles. The molecule has 0 spiro atoms. The standard InChI is InChI=1S/C22H14N2O4/c25-20-16-10-4-2-8-14(16)13-7-1-3-9-15(13)19(20)23-24-21(26)17-11-5-6-12-18(17)22(27)28/h1-12,25H,(H,27,28). The Morgan fingerprint density at radius 1 is 0.679 bits per heavy atom. The maximum absolute atomic E-state index is 12.4. The summed E-state index contributed by atoms with van der Waals surface area (Å²) in [7, 11) is 0. The number of benzene rings is 4. The molecule has 0 saturated heterocycles. The number of amides is 1. The lowest BCUT2D eigenvalue weighted by atomic mass is 9.99. The number of carboxylic acid groups (broad SMARTS) is 1. The van der Waals surface area contributed by atoms with Crippen LogP contribution in [0.5, 0.6) is 5.75 Å². The topological polar surface area (TPSA) is 99.3 Å². The molecule has 4 rings (SSSR count). The molecule has 0 radical (unpaired) electrons. The number of hydrogen-bond acceptors (Lipinski definition) is 4. The third-order valence-corrected chi connectivity index (χ3v) is 4.51. The number of nitrogens with zero attached hydrogens (tertiary/aromatic N) is 2. The number of phenolic OH excluding ortho intramolecular Hbond substituents is 1. The first-order valence-corrected chi connectivity index (χ1v) is 8.48. The molecular formula is C22H14N2O4. The van der Waals surface area contributed by atoms with Gasteiger partial charge in [0.1, 0.15) is 5.69 Å². The van der Waals surface area contributed by atoms with Crippen molar-refractivity contribution in [1.29, 1.82) is 0 Å². The van der Waals surface area contributed by atoms with Gasteiger partial charge in [-0.05, 0) is 22.9 Å². The van der Waals surface area contributed by atoms with E-state index in [1.165, 1.54) is 18.2 Å². The summed E-state index contributed by atoms with van der Waals surface area (Å²) in [6.45, 7) is 0. The average Bonchev–Trinajstić information content (AvgIpc) is 2.73. The molecule has 0 aliphatic heterocycles. The van der Waals surface area contributed by atoms with Crippen molar-refractivity contribution in [2.45, 2.75) is 0 Å². The molecule has 0 bridgehead atoms. The lowest BCUT2D eigenvalue weighted by Gasteiger charge is -2.09. The molecule has 4 aromatic rings. The smallest absolute Gasteiger partial charge is 0.336 e. The molecule has 1 amide bonds. The zero-order chi connectivity index (χ0) is 19.7. The number of aromatic hydroxyl groups is 1. The Labute approximate surface area is 159 Å². The van der Waals surface area contributed by atoms with E-state index in [2.05, 4.69) is 10.2 Å².